The van der Waals surface area contributed by atoms with Crippen molar-refractivity contribution >= 4 is 11.9 Å². The van der Waals surface area contributed by atoms with Gasteiger partial charge in [0.15, 0.2) is 5.78 Å². The van der Waals surface area contributed by atoms with Crippen molar-refractivity contribution in [3.63, 3.8) is 0 Å². The minimum Gasteiger partial charge on any atom is -0.507 e. The number of ketones is 1. The number of benzene rings is 2. The van der Waals surface area contributed by atoms with E-state index in [1.54, 1.807) is 0 Å². The molecular weight excluding hydrogens is 250 g/mol. The fraction of sp³-hybridized carbons (Fsp3) is 0. The lowest BCUT2D eigenvalue weighted by atomic mass is 10.1. The first kappa shape index (κ1) is 13.0. The summed E-state index contributed by atoms with van der Waals surface area (Å²) in [5, 5.41) is 9.47. The number of hydrogen-bond acceptors (Lipinski definition) is 2. The summed E-state index contributed by atoms with van der Waals surface area (Å²) >= 11 is 0. The summed E-state index contributed by atoms with van der Waals surface area (Å²) in [5.41, 5.74) is 0.518. The zero-order chi connectivity index (χ0) is 13.8. The minimum atomic E-state index is -0.601. The van der Waals surface area contributed by atoms with E-state index < -0.39 is 11.6 Å². The van der Waals surface area contributed by atoms with Crippen LogP contribution in [0.1, 0.15) is 15.9 Å². The van der Waals surface area contributed by atoms with Crippen LogP contribution in [0.15, 0.2) is 48.5 Å². The lowest BCUT2D eigenvalue weighted by Gasteiger charge is -2.00. The normalized spacial score (nSPS) is 10.8. The van der Waals surface area contributed by atoms with E-state index in [1.165, 1.54) is 36.4 Å². The van der Waals surface area contributed by atoms with Gasteiger partial charge < -0.3 is 5.11 Å². The van der Waals surface area contributed by atoms with Crippen LogP contribution in [-0.4, -0.2) is 10.9 Å². The molecular formula is C15H10F2O2. The van der Waals surface area contributed by atoms with E-state index >= 15 is 0 Å². The molecule has 0 unspecified atom stereocenters. The maximum Gasteiger partial charge on any atom is 0.189 e. The Morgan fingerprint density at radius 2 is 1.63 bits per heavy atom. The highest BCUT2D eigenvalue weighted by molar-refractivity contribution is 6.08. The van der Waals surface area contributed by atoms with E-state index in [0.717, 1.165) is 18.2 Å². The summed E-state index contributed by atoms with van der Waals surface area (Å²) in [6.45, 7) is 0. The van der Waals surface area contributed by atoms with Gasteiger partial charge in [-0.05, 0) is 42.0 Å². The van der Waals surface area contributed by atoms with Gasteiger partial charge >= 0.3 is 0 Å². The maximum atomic E-state index is 13.0. The molecule has 0 bridgehead atoms. The van der Waals surface area contributed by atoms with Gasteiger partial charge in [0.05, 0.1) is 5.56 Å². The van der Waals surface area contributed by atoms with Crippen LogP contribution in [0.2, 0.25) is 0 Å². The number of phenols is 1. The van der Waals surface area contributed by atoms with Crippen molar-refractivity contribution in [2.45, 2.75) is 0 Å². The molecule has 0 aliphatic heterocycles. The first-order chi connectivity index (χ1) is 9.06. The Labute approximate surface area is 108 Å². The molecule has 96 valence electrons. The molecule has 0 fully saturated rings. The Kier molecular flexibility index (Phi) is 3.71. The molecule has 2 aromatic carbocycles. The third-order valence-corrected chi connectivity index (χ3v) is 2.52. The van der Waals surface area contributed by atoms with Gasteiger partial charge in [-0.2, -0.15) is 0 Å². The number of carbonyl (C=O) groups is 1. The number of phenolic OH excluding ortho intramolecular Hbond substituents is 1. The van der Waals surface area contributed by atoms with Crippen LogP contribution >= 0.6 is 0 Å². The van der Waals surface area contributed by atoms with E-state index in [2.05, 4.69) is 0 Å². The van der Waals surface area contributed by atoms with E-state index in [1.807, 2.05) is 0 Å². The molecule has 2 nitrogen and oxygen atoms in total. The van der Waals surface area contributed by atoms with Crippen molar-refractivity contribution in [2.75, 3.05) is 0 Å². The molecule has 0 aliphatic rings. The molecule has 0 saturated carbocycles. The predicted octanol–water partition coefficient (Wildman–Crippen LogP) is 3.57. The highest BCUT2D eigenvalue weighted by Crippen LogP contribution is 2.19. The van der Waals surface area contributed by atoms with Gasteiger partial charge in [-0.3, -0.25) is 4.79 Å². The molecule has 0 atom stereocenters. The zero-order valence-corrected chi connectivity index (χ0v) is 9.81. The third kappa shape index (κ3) is 3.25. The highest BCUT2D eigenvalue weighted by atomic mass is 19.1. The van der Waals surface area contributed by atoms with Crippen molar-refractivity contribution in [3.05, 3.63) is 71.3 Å². The van der Waals surface area contributed by atoms with Gasteiger partial charge in [-0.25, -0.2) is 8.78 Å². The Morgan fingerprint density at radius 3 is 2.32 bits per heavy atom. The van der Waals surface area contributed by atoms with Crippen LogP contribution in [0.4, 0.5) is 8.78 Å². The average Bonchev–Trinajstić information content (AvgIpc) is 2.40. The third-order valence-electron chi connectivity index (χ3n) is 2.52. The number of halogens is 2. The lowest BCUT2D eigenvalue weighted by molar-refractivity contribution is 0.104. The summed E-state index contributed by atoms with van der Waals surface area (Å²) in [6, 6.07) is 8.69. The molecule has 0 spiro atoms. The van der Waals surface area contributed by atoms with Gasteiger partial charge in [0, 0.05) is 0 Å². The fourth-order valence-corrected chi connectivity index (χ4v) is 1.54. The molecule has 1 N–H and O–H groups in total. The molecule has 0 amide bonds. The van der Waals surface area contributed by atoms with Gasteiger partial charge in [-0.15, -0.1) is 0 Å². The highest BCUT2D eigenvalue weighted by Gasteiger charge is 2.09. The Bertz CT molecular complexity index is 631. The number of hydrogen-bond donors (Lipinski definition) is 1. The number of aromatic hydroxyl groups is 1. The monoisotopic (exact) mass is 260 g/mol. The second-order valence-electron chi connectivity index (χ2n) is 3.91. The summed E-state index contributed by atoms with van der Waals surface area (Å²) in [6.07, 6.45) is 2.66. The van der Waals surface area contributed by atoms with Gasteiger partial charge in [0.1, 0.15) is 17.4 Å². The van der Waals surface area contributed by atoms with Crippen molar-refractivity contribution in [1.82, 2.24) is 0 Å². The average molecular weight is 260 g/mol. The standard InChI is InChI=1S/C15H10F2O2/c16-11-4-1-10(2-5-11)3-7-14(18)13-9-12(17)6-8-15(13)19/h1-9,19H/b7-3+. The van der Waals surface area contributed by atoms with Crippen LogP contribution in [-0.2, 0) is 0 Å². The summed E-state index contributed by atoms with van der Waals surface area (Å²) in [4.78, 5) is 11.8. The maximum absolute atomic E-state index is 13.0. The van der Waals surface area contributed by atoms with Crippen molar-refractivity contribution in [2.24, 2.45) is 0 Å². The largest absolute Gasteiger partial charge is 0.507 e. The number of carbonyl (C=O) groups excluding carboxylic acids is 1. The molecule has 0 aliphatic carbocycles. The van der Waals surface area contributed by atoms with E-state index in [9.17, 15) is 18.7 Å². The van der Waals surface area contributed by atoms with Gasteiger partial charge in [-0.1, -0.05) is 18.2 Å². The van der Waals surface area contributed by atoms with Crippen molar-refractivity contribution in [1.29, 1.82) is 0 Å². The van der Waals surface area contributed by atoms with Crippen molar-refractivity contribution in [3.8, 4) is 5.75 Å². The second-order valence-corrected chi connectivity index (χ2v) is 3.91. The molecule has 0 saturated heterocycles. The molecule has 0 heterocycles. The van der Waals surface area contributed by atoms with Crippen LogP contribution in [0.25, 0.3) is 6.08 Å². The number of rotatable bonds is 3. The smallest absolute Gasteiger partial charge is 0.189 e. The SMILES string of the molecule is O=C(/C=C/c1ccc(F)cc1)c1cc(F)ccc1O. The minimum absolute atomic E-state index is 0.113. The predicted molar refractivity (Wildman–Crippen MR) is 67.8 cm³/mol. The molecule has 2 rings (SSSR count). The topological polar surface area (TPSA) is 37.3 Å². The molecule has 19 heavy (non-hydrogen) atoms. The summed E-state index contributed by atoms with van der Waals surface area (Å²) < 4.78 is 25.7. The number of allylic oxidation sites excluding steroid dienone is 1. The van der Waals surface area contributed by atoms with Crippen LogP contribution < -0.4 is 0 Å². The summed E-state index contributed by atoms with van der Waals surface area (Å²) in [5.74, 6) is -1.78. The first-order valence-electron chi connectivity index (χ1n) is 5.53. The van der Waals surface area contributed by atoms with Gasteiger partial charge in [0.25, 0.3) is 0 Å². The molecule has 0 radical (unpaired) electrons. The molecule has 2 aromatic rings. The van der Waals surface area contributed by atoms with E-state index in [4.69, 9.17) is 0 Å². The van der Waals surface area contributed by atoms with E-state index in [-0.39, 0.29) is 17.1 Å². The lowest BCUT2D eigenvalue weighted by Crippen LogP contribution is -1.95. The van der Waals surface area contributed by atoms with Crippen LogP contribution in [0.3, 0.4) is 0 Å². The molecule has 0 aromatic heterocycles. The van der Waals surface area contributed by atoms with E-state index in [0.29, 0.717) is 5.56 Å². The van der Waals surface area contributed by atoms with Gasteiger partial charge in [0.2, 0.25) is 0 Å². The summed E-state index contributed by atoms with van der Waals surface area (Å²) in [7, 11) is 0. The molecule has 4 heteroatoms. The first-order valence-corrected chi connectivity index (χ1v) is 5.53. The second kappa shape index (κ2) is 5.44. The quantitative estimate of drug-likeness (QED) is 0.676. The Balaban J connectivity index is 2.21. The zero-order valence-electron chi connectivity index (χ0n) is 9.81. The Hall–Kier alpha value is -2.49. The Morgan fingerprint density at radius 1 is 1.00 bits per heavy atom. The van der Waals surface area contributed by atoms with Crippen molar-refractivity contribution < 1.29 is 18.7 Å². The van der Waals surface area contributed by atoms with Crippen LogP contribution in [0.5, 0.6) is 5.75 Å². The fourth-order valence-electron chi connectivity index (χ4n) is 1.54. The van der Waals surface area contributed by atoms with Crippen LogP contribution in [0, 0.1) is 11.6 Å².